The van der Waals surface area contributed by atoms with Gasteiger partial charge < -0.3 is 4.74 Å². The topological polar surface area (TPSA) is 142 Å². The predicted octanol–water partition coefficient (Wildman–Crippen LogP) is 2.31. The Kier molecular flexibility index (Phi) is 4.64. The molecule has 0 aliphatic rings. The van der Waals surface area contributed by atoms with E-state index >= 15 is 0 Å². The van der Waals surface area contributed by atoms with E-state index in [1.165, 1.54) is 25.3 Å². The summed E-state index contributed by atoms with van der Waals surface area (Å²) in [4.78, 5) is 19.7. The van der Waals surface area contributed by atoms with Crippen LogP contribution >= 0.6 is 0 Å². The average Bonchev–Trinajstić information content (AvgIpc) is 2.53. The molecule has 0 radical (unpaired) electrons. The molecule has 0 spiro atoms. The van der Waals surface area contributed by atoms with Gasteiger partial charge in [-0.2, -0.15) is 0 Å². The van der Waals surface area contributed by atoms with E-state index in [0.717, 1.165) is 24.3 Å². The minimum Gasteiger partial charge on any atom is -0.495 e. The van der Waals surface area contributed by atoms with Crippen LogP contribution in [0, 0.1) is 20.2 Å². The monoisotopic (exact) mass is 353 g/mol. The second kappa shape index (κ2) is 6.50. The molecule has 0 saturated carbocycles. The molecule has 126 valence electrons. The van der Waals surface area contributed by atoms with E-state index in [0.29, 0.717) is 0 Å². The molecule has 0 heterocycles. The second-order valence-corrected chi connectivity index (χ2v) is 6.16. The first-order valence-corrected chi connectivity index (χ1v) is 7.82. The molecule has 24 heavy (non-hydrogen) atoms. The van der Waals surface area contributed by atoms with Crippen molar-refractivity contribution in [1.82, 2.24) is 0 Å². The molecule has 0 bridgehead atoms. The van der Waals surface area contributed by atoms with E-state index in [2.05, 4.69) is 4.72 Å². The Labute approximate surface area is 136 Å². The third-order valence-electron chi connectivity index (χ3n) is 2.96. The van der Waals surface area contributed by atoms with Gasteiger partial charge in [0.1, 0.15) is 10.6 Å². The number of methoxy groups -OCH3 is 1. The summed E-state index contributed by atoms with van der Waals surface area (Å²) in [7, 11) is -3.04. The molecule has 0 amide bonds. The Morgan fingerprint density at radius 3 is 2.21 bits per heavy atom. The van der Waals surface area contributed by atoms with E-state index < -0.39 is 30.5 Å². The lowest BCUT2D eigenvalue weighted by atomic mass is 10.3. The SMILES string of the molecule is COc1ccc([N+](=O)[O-])cc1S(=O)(=O)Nc1cccc([N+](=O)[O-])c1. The third kappa shape index (κ3) is 3.57. The first-order chi connectivity index (χ1) is 11.2. The number of non-ortho nitro benzene ring substituents is 2. The van der Waals surface area contributed by atoms with Crippen LogP contribution in [0.15, 0.2) is 47.4 Å². The number of sulfonamides is 1. The number of benzene rings is 2. The van der Waals surface area contributed by atoms with Gasteiger partial charge in [-0.25, -0.2) is 8.42 Å². The Balaban J connectivity index is 2.47. The molecule has 0 fully saturated rings. The highest BCUT2D eigenvalue weighted by Crippen LogP contribution is 2.30. The summed E-state index contributed by atoms with van der Waals surface area (Å²) in [6, 6.07) is 7.95. The minimum atomic E-state index is -4.26. The van der Waals surface area contributed by atoms with Gasteiger partial charge in [0.15, 0.2) is 0 Å². The zero-order chi connectivity index (χ0) is 17.9. The fourth-order valence-electron chi connectivity index (χ4n) is 1.88. The molecule has 2 rings (SSSR count). The quantitative estimate of drug-likeness (QED) is 0.620. The van der Waals surface area contributed by atoms with Gasteiger partial charge in [-0.3, -0.25) is 25.0 Å². The summed E-state index contributed by atoms with van der Waals surface area (Å²) >= 11 is 0. The molecule has 0 atom stereocenters. The zero-order valence-corrected chi connectivity index (χ0v) is 13.0. The molecule has 11 heteroatoms. The van der Waals surface area contributed by atoms with Gasteiger partial charge in [-0.1, -0.05) is 6.07 Å². The van der Waals surface area contributed by atoms with Crippen LogP contribution in [0.5, 0.6) is 5.75 Å². The predicted molar refractivity (Wildman–Crippen MR) is 83.6 cm³/mol. The van der Waals surface area contributed by atoms with Crippen LogP contribution in [0.3, 0.4) is 0 Å². The van der Waals surface area contributed by atoms with Crippen LogP contribution < -0.4 is 9.46 Å². The lowest BCUT2D eigenvalue weighted by Crippen LogP contribution is -2.14. The lowest BCUT2D eigenvalue weighted by Gasteiger charge is -2.11. The van der Waals surface area contributed by atoms with Crippen LogP contribution in [0.4, 0.5) is 17.1 Å². The Hall–Kier alpha value is -3.21. The lowest BCUT2D eigenvalue weighted by molar-refractivity contribution is -0.385. The Morgan fingerprint density at radius 2 is 1.62 bits per heavy atom. The van der Waals surface area contributed by atoms with E-state index in [9.17, 15) is 28.6 Å². The smallest absolute Gasteiger partial charge is 0.271 e. The van der Waals surface area contributed by atoms with Gasteiger partial charge in [0.05, 0.1) is 22.6 Å². The van der Waals surface area contributed by atoms with Crippen LogP contribution in [0.2, 0.25) is 0 Å². The first kappa shape index (κ1) is 17.1. The molecule has 0 aromatic heterocycles. The van der Waals surface area contributed by atoms with Crippen LogP contribution in [-0.4, -0.2) is 25.4 Å². The molecule has 0 unspecified atom stereocenters. The van der Waals surface area contributed by atoms with Gasteiger partial charge in [0.25, 0.3) is 21.4 Å². The fraction of sp³-hybridized carbons (Fsp3) is 0.0769. The molecule has 2 aromatic carbocycles. The molecule has 10 nitrogen and oxygen atoms in total. The number of anilines is 1. The van der Waals surface area contributed by atoms with Crippen molar-refractivity contribution in [3.05, 3.63) is 62.7 Å². The number of nitro benzene ring substituents is 2. The minimum absolute atomic E-state index is 0.0576. The number of nitrogens with zero attached hydrogens (tertiary/aromatic N) is 2. The van der Waals surface area contributed by atoms with Crippen LogP contribution in [0.1, 0.15) is 0 Å². The molecule has 0 saturated heterocycles. The molecular weight excluding hydrogens is 342 g/mol. The third-order valence-corrected chi connectivity index (χ3v) is 4.36. The van der Waals surface area contributed by atoms with E-state index in [4.69, 9.17) is 4.74 Å². The Bertz CT molecular complexity index is 912. The molecule has 0 aliphatic heterocycles. The number of nitrogens with one attached hydrogen (secondary N) is 1. The van der Waals surface area contributed by atoms with Crippen LogP contribution in [0.25, 0.3) is 0 Å². The highest BCUT2D eigenvalue weighted by atomic mass is 32.2. The zero-order valence-electron chi connectivity index (χ0n) is 12.2. The van der Waals surface area contributed by atoms with Gasteiger partial charge >= 0.3 is 0 Å². The fourth-order valence-corrected chi connectivity index (χ4v) is 3.12. The maximum Gasteiger partial charge on any atom is 0.271 e. The maximum atomic E-state index is 12.5. The largest absolute Gasteiger partial charge is 0.495 e. The molecule has 2 aromatic rings. The second-order valence-electron chi connectivity index (χ2n) is 4.51. The van der Waals surface area contributed by atoms with E-state index in [1.807, 2.05) is 0 Å². The van der Waals surface area contributed by atoms with Gasteiger partial charge in [-0.15, -0.1) is 0 Å². The average molecular weight is 353 g/mol. The highest BCUT2D eigenvalue weighted by Gasteiger charge is 2.23. The highest BCUT2D eigenvalue weighted by molar-refractivity contribution is 7.92. The molecule has 1 N–H and O–H groups in total. The van der Waals surface area contributed by atoms with Crippen LogP contribution in [-0.2, 0) is 10.0 Å². The van der Waals surface area contributed by atoms with E-state index in [1.54, 1.807) is 0 Å². The van der Waals surface area contributed by atoms with Crippen molar-refractivity contribution in [3.8, 4) is 5.75 Å². The standard InChI is InChI=1S/C13H11N3O7S/c1-23-12-6-5-11(16(19)20)8-13(12)24(21,22)14-9-3-2-4-10(7-9)15(17)18/h2-8,14H,1H3. The van der Waals surface area contributed by atoms with Gasteiger partial charge in [-0.05, 0) is 12.1 Å². The number of nitro groups is 2. The normalized spacial score (nSPS) is 10.9. The van der Waals surface area contributed by atoms with Crippen molar-refractivity contribution in [1.29, 1.82) is 0 Å². The van der Waals surface area contributed by atoms with Crippen molar-refractivity contribution in [2.75, 3.05) is 11.8 Å². The van der Waals surface area contributed by atoms with Crippen molar-refractivity contribution >= 4 is 27.1 Å². The van der Waals surface area contributed by atoms with E-state index in [-0.39, 0.29) is 17.1 Å². The van der Waals surface area contributed by atoms with Gasteiger partial charge in [0.2, 0.25) is 0 Å². The van der Waals surface area contributed by atoms with Crippen molar-refractivity contribution in [3.63, 3.8) is 0 Å². The van der Waals surface area contributed by atoms with Crippen molar-refractivity contribution in [2.45, 2.75) is 4.90 Å². The first-order valence-electron chi connectivity index (χ1n) is 6.34. The molecular formula is C13H11N3O7S. The summed E-state index contributed by atoms with van der Waals surface area (Å²) in [5.41, 5.74) is -0.797. The van der Waals surface area contributed by atoms with Gasteiger partial charge in [0, 0.05) is 24.3 Å². The Morgan fingerprint density at radius 1 is 1.00 bits per heavy atom. The maximum absolute atomic E-state index is 12.5. The number of hydrogen-bond acceptors (Lipinski definition) is 7. The summed E-state index contributed by atoms with van der Waals surface area (Å²) < 4.78 is 32.0. The van der Waals surface area contributed by atoms with Crippen molar-refractivity contribution in [2.24, 2.45) is 0 Å². The van der Waals surface area contributed by atoms with Crippen molar-refractivity contribution < 1.29 is 23.0 Å². The number of hydrogen-bond donors (Lipinski definition) is 1. The summed E-state index contributed by atoms with van der Waals surface area (Å²) in [5.74, 6) is -0.0986. The number of rotatable bonds is 6. The summed E-state index contributed by atoms with van der Waals surface area (Å²) in [5, 5.41) is 21.6. The number of ether oxygens (including phenoxy) is 1. The summed E-state index contributed by atoms with van der Waals surface area (Å²) in [6.07, 6.45) is 0. The molecule has 0 aliphatic carbocycles. The summed E-state index contributed by atoms with van der Waals surface area (Å²) in [6.45, 7) is 0.